The fourth-order valence-electron chi connectivity index (χ4n) is 3.50. The van der Waals surface area contributed by atoms with Gasteiger partial charge in [0.2, 0.25) is 0 Å². The molecule has 0 saturated carbocycles. The Labute approximate surface area is 127 Å². The zero-order chi connectivity index (χ0) is 13.8. The summed E-state index contributed by atoms with van der Waals surface area (Å²) in [5.74, 6) is 0. The van der Waals surface area contributed by atoms with Crippen LogP contribution in [0.15, 0.2) is 12.1 Å². The van der Waals surface area contributed by atoms with Crippen LogP contribution in [0.1, 0.15) is 35.9 Å². The van der Waals surface area contributed by atoms with Crippen LogP contribution in [0.4, 0.5) is 0 Å². The largest absolute Gasteiger partial charge is 0.312 e. The van der Waals surface area contributed by atoms with Gasteiger partial charge in [-0.15, -0.1) is 11.3 Å². The maximum Gasteiger partial charge on any atom is 0.0328 e. The lowest BCUT2D eigenvalue weighted by Gasteiger charge is -2.25. The molecule has 3 rings (SSSR count). The topological polar surface area (TPSA) is 18.5 Å². The fourth-order valence-corrected chi connectivity index (χ4v) is 4.53. The third kappa shape index (κ3) is 3.61. The maximum atomic E-state index is 3.41. The highest BCUT2D eigenvalue weighted by Gasteiger charge is 2.28. The molecule has 0 amide bonds. The van der Waals surface area contributed by atoms with E-state index in [1.807, 2.05) is 11.3 Å². The first-order valence-corrected chi connectivity index (χ1v) is 8.91. The number of fused-ring (bicyclic) bond motifs is 1. The van der Waals surface area contributed by atoms with Crippen LogP contribution in [0.25, 0.3) is 0 Å². The van der Waals surface area contributed by atoms with Crippen LogP contribution in [0, 0.1) is 0 Å². The Morgan fingerprint density at radius 2 is 2.05 bits per heavy atom. The van der Waals surface area contributed by atoms with E-state index in [0.717, 1.165) is 25.7 Å². The van der Waals surface area contributed by atoms with E-state index in [1.165, 1.54) is 55.2 Å². The number of hydrogen-bond acceptors (Lipinski definition) is 4. The van der Waals surface area contributed by atoms with Crippen molar-refractivity contribution in [1.29, 1.82) is 0 Å². The third-order valence-corrected chi connectivity index (χ3v) is 5.60. The highest BCUT2D eigenvalue weighted by atomic mass is 32.1. The van der Waals surface area contributed by atoms with Crippen molar-refractivity contribution in [3.05, 3.63) is 21.9 Å². The van der Waals surface area contributed by atoms with Gasteiger partial charge in [0.25, 0.3) is 0 Å². The van der Waals surface area contributed by atoms with Crippen molar-refractivity contribution >= 4 is 11.3 Å². The molecule has 2 fully saturated rings. The van der Waals surface area contributed by atoms with Crippen molar-refractivity contribution in [3.63, 3.8) is 0 Å². The zero-order valence-corrected chi connectivity index (χ0v) is 13.4. The molecule has 2 aliphatic heterocycles. The summed E-state index contributed by atoms with van der Waals surface area (Å²) in [5.41, 5.74) is 0. The van der Waals surface area contributed by atoms with E-state index in [4.69, 9.17) is 0 Å². The summed E-state index contributed by atoms with van der Waals surface area (Å²) in [7, 11) is 0. The molecule has 2 saturated heterocycles. The van der Waals surface area contributed by atoms with Gasteiger partial charge in [-0.25, -0.2) is 0 Å². The van der Waals surface area contributed by atoms with Gasteiger partial charge < -0.3 is 5.32 Å². The Hall–Kier alpha value is -0.420. The van der Waals surface area contributed by atoms with Crippen molar-refractivity contribution in [2.45, 2.75) is 45.3 Å². The van der Waals surface area contributed by atoms with Crippen molar-refractivity contribution in [2.75, 3.05) is 32.7 Å². The Balaban J connectivity index is 1.55. The minimum absolute atomic E-state index is 0.832. The van der Waals surface area contributed by atoms with Gasteiger partial charge in [0.05, 0.1) is 0 Å². The molecular formula is C16H27N3S. The van der Waals surface area contributed by atoms with Gasteiger partial charge >= 0.3 is 0 Å². The summed E-state index contributed by atoms with van der Waals surface area (Å²) < 4.78 is 0. The molecule has 1 atom stereocenters. The SMILES string of the molecule is CCNCc1ccc(CN2CCCN3CCCC3C2)s1. The maximum absolute atomic E-state index is 3.41. The Bertz CT molecular complexity index is 418. The van der Waals surface area contributed by atoms with E-state index in [0.29, 0.717) is 0 Å². The van der Waals surface area contributed by atoms with Gasteiger partial charge in [-0.3, -0.25) is 9.80 Å². The number of nitrogens with zero attached hydrogens (tertiary/aromatic N) is 2. The van der Waals surface area contributed by atoms with E-state index in [9.17, 15) is 0 Å². The van der Waals surface area contributed by atoms with Gasteiger partial charge in [-0.05, 0) is 57.6 Å². The van der Waals surface area contributed by atoms with E-state index < -0.39 is 0 Å². The van der Waals surface area contributed by atoms with E-state index >= 15 is 0 Å². The van der Waals surface area contributed by atoms with Crippen LogP contribution < -0.4 is 5.32 Å². The van der Waals surface area contributed by atoms with Crippen LogP contribution in [-0.4, -0.2) is 48.6 Å². The normalized spacial score (nSPS) is 24.8. The van der Waals surface area contributed by atoms with Crippen molar-refractivity contribution in [2.24, 2.45) is 0 Å². The molecule has 112 valence electrons. The minimum Gasteiger partial charge on any atom is -0.312 e. The molecule has 3 nitrogen and oxygen atoms in total. The van der Waals surface area contributed by atoms with Crippen LogP contribution in [0.3, 0.4) is 0 Å². The number of nitrogens with one attached hydrogen (secondary N) is 1. The Morgan fingerprint density at radius 3 is 2.95 bits per heavy atom. The second kappa shape index (κ2) is 7.03. The quantitative estimate of drug-likeness (QED) is 0.900. The molecule has 0 bridgehead atoms. The highest BCUT2D eigenvalue weighted by Crippen LogP contribution is 2.24. The van der Waals surface area contributed by atoms with E-state index in [1.54, 1.807) is 0 Å². The highest BCUT2D eigenvalue weighted by molar-refractivity contribution is 7.11. The predicted octanol–water partition coefficient (Wildman–Crippen LogP) is 2.53. The Kier molecular flexibility index (Phi) is 5.10. The van der Waals surface area contributed by atoms with Gasteiger partial charge in [-0.2, -0.15) is 0 Å². The lowest BCUT2D eigenvalue weighted by atomic mass is 10.2. The summed E-state index contributed by atoms with van der Waals surface area (Å²) >= 11 is 1.98. The lowest BCUT2D eigenvalue weighted by molar-refractivity contribution is 0.216. The molecule has 0 radical (unpaired) electrons. The van der Waals surface area contributed by atoms with Gasteiger partial charge in [0, 0.05) is 35.4 Å². The van der Waals surface area contributed by atoms with Crippen LogP contribution in [-0.2, 0) is 13.1 Å². The molecule has 20 heavy (non-hydrogen) atoms. The van der Waals surface area contributed by atoms with Gasteiger partial charge in [-0.1, -0.05) is 6.92 Å². The molecule has 3 heterocycles. The van der Waals surface area contributed by atoms with Crippen molar-refractivity contribution in [1.82, 2.24) is 15.1 Å². The molecule has 0 aliphatic carbocycles. The molecule has 1 unspecified atom stereocenters. The predicted molar refractivity (Wildman–Crippen MR) is 86.2 cm³/mol. The van der Waals surface area contributed by atoms with Crippen molar-refractivity contribution < 1.29 is 0 Å². The smallest absolute Gasteiger partial charge is 0.0328 e. The lowest BCUT2D eigenvalue weighted by Crippen LogP contribution is -2.36. The second-order valence-corrected chi connectivity index (χ2v) is 7.32. The summed E-state index contributed by atoms with van der Waals surface area (Å²) in [5, 5.41) is 3.41. The van der Waals surface area contributed by atoms with E-state index in [-0.39, 0.29) is 0 Å². The van der Waals surface area contributed by atoms with Gasteiger partial charge in [0.1, 0.15) is 0 Å². The van der Waals surface area contributed by atoms with Crippen LogP contribution in [0.5, 0.6) is 0 Å². The molecule has 1 aromatic heterocycles. The van der Waals surface area contributed by atoms with Crippen LogP contribution >= 0.6 is 11.3 Å². The Morgan fingerprint density at radius 1 is 1.20 bits per heavy atom. The molecule has 0 aromatic carbocycles. The third-order valence-electron chi connectivity index (χ3n) is 4.53. The summed E-state index contributed by atoms with van der Waals surface area (Å²) in [6.07, 6.45) is 4.16. The molecule has 0 spiro atoms. The molecule has 1 aromatic rings. The summed E-state index contributed by atoms with van der Waals surface area (Å²) in [6, 6.07) is 5.45. The second-order valence-electron chi connectivity index (χ2n) is 6.07. The van der Waals surface area contributed by atoms with Crippen LogP contribution in [0.2, 0.25) is 0 Å². The molecular weight excluding hydrogens is 266 g/mol. The first-order chi connectivity index (χ1) is 9.85. The fraction of sp³-hybridized carbons (Fsp3) is 0.750. The molecule has 1 N–H and O–H groups in total. The summed E-state index contributed by atoms with van der Waals surface area (Å²) in [6.45, 7) is 10.6. The molecule has 4 heteroatoms. The minimum atomic E-state index is 0.832. The number of rotatable bonds is 5. The van der Waals surface area contributed by atoms with Crippen molar-refractivity contribution in [3.8, 4) is 0 Å². The summed E-state index contributed by atoms with van der Waals surface area (Å²) in [4.78, 5) is 8.40. The number of thiophene rings is 1. The standard InChI is InChI=1S/C16H27N3S/c1-2-17-11-15-6-7-16(20-15)13-18-8-4-10-19-9-3-5-14(19)12-18/h6-7,14,17H,2-5,8-13H2,1H3. The number of hydrogen-bond donors (Lipinski definition) is 1. The average molecular weight is 293 g/mol. The van der Waals surface area contributed by atoms with Gasteiger partial charge in [0.15, 0.2) is 0 Å². The molecule has 2 aliphatic rings. The average Bonchev–Trinajstić information content (AvgIpc) is 3.03. The van der Waals surface area contributed by atoms with E-state index in [2.05, 4.69) is 34.2 Å². The monoisotopic (exact) mass is 293 g/mol. The first-order valence-electron chi connectivity index (χ1n) is 8.10. The first kappa shape index (κ1) is 14.5. The zero-order valence-electron chi connectivity index (χ0n) is 12.6.